The molecule has 0 aromatic carbocycles. The van der Waals surface area contributed by atoms with Gasteiger partial charge in [0.1, 0.15) is 10.5 Å². The quantitative estimate of drug-likeness (QED) is 0.689. The molecule has 1 unspecified atom stereocenters. The molecular weight excluding hydrogens is 266 g/mol. The van der Waals surface area contributed by atoms with E-state index >= 15 is 0 Å². The van der Waals surface area contributed by atoms with Crippen LogP contribution in [0, 0.1) is 0 Å². The van der Waals surface area contributed by atoms with Gasteiger partial charge in [-0.25, -0.2) is 18.1 Å². The van der Waals surface area contributed by atoms with Crippen molar-refractivity contribution in [3.05, 3.63) is 24.5 Å². The molecule has 0 aliphatic heterocycles. The molecule has 2 heterocycles. The Labute approximate surface area is 111 Å². The van der Waals surface area contributed by atoms with Crippen LogP contribution in [0.25, 0.3) is 11.0 Å². The van der Waals surface area contributed by atoms with E-state index in [2.05, 4.69) is 14.7 Å². The third-order valence-electron chi connectivity index (χ3n) is 2.79. The molecule has 1 atom stereocenters. The third-order valence-corrected chi connectivity index (χ3v) is 4.29. The minimum Gasteiger partial charge on any atom is -0.393 e. The highest BCUT2D eigenvalue weighted by Gasteiger charge is 2.18. The Hall–Kier alpha value is -1.44. The van der Waals surface area contributed by atoms with Crippen LogP contribution < -0.4 is 4.72 Å². The van der Waals surface area contributed by atoms with Gasteiger partial charge in [0.25, 0.3) is 0 Å². The predicted octanol–water partition coefficient (Wildman–Crippen LogP) is 1.00. The fourth-order valence-electron chi connectivity index (χ4n) is 1.83. The number of sulfonamides is 1. The van der Waals surface area contributed by atoms with Crippen LogP contribution in [0.3, 0.4) is 0 Å². The summed E-state index contributed by atoms with van der Waals surface area (Å²) in [6, 6.07) is 3.41. The first-order valence-electron chi connectivity index (χ1n) is 6.10. The normalized spacial score (nSPS) is 13.8. The second-order valence-corrected chi connectivity index (χ2v) is 6.18. The van der Waals surface area contributed by atoms with Crippen molar-refractivity contribution in [3.8, 4) is 0 Å². The van der Waals surface area contributed by atoms with Crippen molar-refractivity contribution >= 4 is 21.1 Å². The van der Waals surface area contributed by atoms with Crippen molar-refractivity contribution in [1.29, 1.82) is 0 Å². The van der Waals surface area contributed by atoms with Crippen LogP contribution in [-0.4, -0.2) is 36.1 Å². The van der Waals surface area contributed by atoms with Crippen molar-refractivity contribution in [2.75, 3.05) is 6.54 Å². The van der Waals surface area contributed by atoms with E-state index in [0.717, 1.165) is 0 Å². The smallest absolute Gasteiger partial charge is 0.242 e. The zero-order chi connectivity index (χ0) is 13.9. The van der Waals surface area contributed by atoms with Crippen molar-refractivity contribution < 1.29 is 13.5 Å². The van der Waals surface area contributed by atoms with E-state index in [-0.39, 0.29) is 4.90 Å². The molecule has 6 nitrogen and oxygen atoms in total. The highest BCUT2D eigenvalue weighted by atomic mass is 32.2. The van der Waals surface area contributed by atoms with E-state index in [1.54, 1.807) is 25.3 Å². The topological polar surface area (TPSA) is 95.1 Å². The molecule has 0 spiro atoms. The summed E-state index contributed by atoms with van der Waals surface area (Å²) in [5, 5.41) is 9.69. The molecule has 0 aliphatic carbocycles. The van der Waals surface area contributed by atoms with Crippen LogP contribution in [0.1, 0.15) is 19.8 Å². The first kappa shape index (κ1) is 14.0. The second kappa shape index (κ2) is 5.68. The molecule has 2 aromatic heterocycles. The number of aliphatic hydroxyl groups excluding tert-OH is 1. The van der Waals surface area contributed by atoms with E-state index in [9.17, 15) is 8.42 Å². The highest BCUT2D eigenvalue weighted by molar-refractivity contribution is 7.89. The van der Waals surface area contributed by atoms with Gasteiger partial charge in [-0.3, -0.25) is 0 Å². The number of aromatic nitrogens is 2. The fraction of sp³-hybridized carbons (Fsp3) is 0.417. The molecule has 0 bridgehead atoms. The lowest BCUT2D eigenvalue weighted by atomic mass is 10.2. The van der Waals surface area contributed by atoms with E-state index in [1.165, 1.54) is 6.20 Å². The van der Waals surface area contributed by atoms with Gasteiger partial charge in [-0.2, -0.15) is 0 Å². The molecule has 2 aromatic rings. The number of H-pyrrole nitrogens is 1. The Morgan fingerprint density at radius 1 is 1.53 bits per heavy atom. The van der Waals surface area contributed by atoms with E-state index < -0.39 is 16.1 Å². The Balaban J connectivity index is 2.11. The number of pyridine rings is 1. The van der Waals surface area contributed by atoms with Gasteiger partial charge in [0.2, 0.25) is 10.0 Å². The minimum absolute atomic E-state index is 0.202. The Bertz CT molecular complexity index is 649. The van der Waals surface area contributed by atoms with Gasteiger partial charge in [-0.15, -0.1) is 0 Å². The summed E-state index contributed by atoms with van der Waals surface area (Å²) >= 11 is 0. The first-order valence-corrected chi connectivity index (χ1v) is 7.59. The van der Waals surface area contributed by atoms with Gasteiger partial charge in [0.05, 0.1) is 6.10 Å². The van der Waals surface area contributed by atoms with Crippen LogP contribution in [0.2, 0.25) is 0 Å². The molecule has 104 valence electrons. The average molecular weight is 283 g/mol. The monoisotopic (exact) mass is 283 g/mol. The summed E-state index contributed by atoms with van der Waals surface area (Å²) in [5.41, 5.74) is 0.548. The molecule has 0 saturated heterocycles. The molecule has 0 fully saturated rings. The molecule has 19 heavy (non-hydrogen) atoms. The summed E-state index contributed by atoms with van der Waals surface area (Å²) in [4.78, 5) is 7.09. The SMILES string of the molecule is CC(O)CCCNS(=O)(=O)c1c[nH]c2ncccc12. The zero-order valence-electron chi connectivity index (χ0n) is 10.6. The van der Waals surface area contributed by atoms with Gasteiger partial charge in [0.15, 0.2) is 0 Å². The number of rotatable bonds is 6. The lowest BCUT2D eigenvalue weighted by Crippen LogP contribution is -2.25. The maximum Gasteiger partial charge on any atom is 0.242 e. The molecule has 3 N–H and O–H groups in total. The fourth-order valence-corrected chi connectivity index (χ4v) is 3.07. The average Bonchev–Trinajstić information content (AvgIpc) is 2.79. The number of hydrogen-bond acceptors (Lipinski definition) is 4. The maximum atomic E-state index is 12.1. The summed E-state index contributed by atoms with van der Waals surface area (Å²) in [6.45, 7) is 1.99. The molecule has 0 aliphatic rings. The Morgan fingerprint density at radius 3 is 3.05 bits per heavy atom. The van der Waals surface area contributed by atoms with Crippen LogP contribution in [0.15, 0.2) is 29.4 Å². The van der Waals surface area contributed by atoms with Gasteiger partial charge >= 0.3 is 0 Å². The lowest BCUT2D eigenvalue weighted by molar-refractivity contribution is 0.182. The molecule has 0 radical (unpaired) electrons. The van der Waals surface area contributed by atoms with Crippen molar-refractivity contribution in [3.63, 3.8) is 0 Å². The standard InChI is InChI=1S/C12H17N3O3S/c1-9(16)4-2-7-15-19(17,18)11-8-14-12-10(11)5-3-6-13-12/h3,5-6,8-9,15-16H,2,4,7H2,1H3,(H,13,14). The molecule has 2 rings (SSSR count). The molecule has 0 amide bonds. The van der Waals surface area contributed by atoms with Crippen molar-refractivity contribution in [2.45, 2.75) is 30.8 Å². The minimum atomic E-state index is -3.54. The van der Waals surface area contributed by atoms with E-state index in [1.807, 2.05) is 0 Å². The third kappa shape index (κ3) is 3.31. The van der Waals surface area contributed by atoms with Crippen LogP contribution in [0.4, 0.5) is 0 Å². The summed E-state index contributed by atoms with van der Waals surface area (Å²) < 4.78 is 26.8. The Morgan fingerprint density at radius 2 is 2.32 bits per heavy atom. The second-order valence-electron chi connectivity index (χ2n) is 4.44. The summed E-state index contributed by atoms with van der Waals surface area (Å²) in [7, 11) is -3.54. The summed E-state index contributed by atoms with van der Waals surface area (Å²) in [6.07, 6.45) is 3.79. The number of aromatic amines is 1. The number of nitrogens with zero attached hydrogens (tertiary/aromatic N) is 1. The summed E-state index contributed by atoms with van der Waals surface area (Å²) in [5.74, 6) is 0. The van der Waals surface area contributed by atoms with Gasteiger partial charge < -0.3 is 10.1 Å². The predicted molar refractivity (Wildman–Crippen MR) is 72.2 cm³/mol. The van der Waals surface area contributed by atoms with Crippen LogP contribution in [-0.2, 0) is 10.0 Å². The van der Waals surface area contributed by atoms with Crippen molar-refractivity contribution in [2.24, 2.45) is 0 Å². The largest absolute Gasteiger partial charge is 0.393 e. The van der Waals surface area contributed by atoms with E-state index in [0.29, 0.717) is 30.4 Å². The number of nitrogens with one attached hydrogen (secondary N) is 2. The maximum absolute atomic E-state index is 12.1. The van der Waals surface area contributed by atoms with E-state index in [4.69, 9.17) is 5.11 Å². The first-order chi connectivity index (χ1) is 9.00. The number of hydrogen-bond donors (Lipinski definition) is 3. The van der Waals surface area contributed by atoms with Gasteiger partial charge in [-0.05, 0) is 31.9 Å². The molecule has 0 saturated carbocycles. The van der Waals surface area contributed by atoms with Gasteiger partial charge in [-0.1, -0.05) is 0 Å². The number of fused-ring (bicyclic) bond motifs is 1. The Kier molecular flexibility index (Phi) is 4.18. The van der Waals surface area contributed by atoms with Crippen LogP contribution in [0.5, 0.6) is 0 Å². The molecular formula is C12H17N3O3S. The van der Waals surface area contributed by atoms with Crippen LogP contribution >= 0.6 is 0 Å². The lowest BCUT2D eigenvalue weighted by Gasteiger charge is -2.06. The number of aliphatic hydroxyl groups is 1. The zero-order valence-corrected chi connectivity index (χ0v) is 11.4. The van der Waals surface area contributed by atoms with Gasteiger partial charge in [0, 0.05) is 24.3 Å². The molecule has 7 heteroatoms. The van der Waals surface area contributed by atoms with Crippen molar-refractivity contribution in [1.82, 2.24) is 14.7 Å². The highest BCUT2D eigenvalue weighted by Crippen LogP contribution is 2.20.